The maximum absolute atomic E-state index is 13.8. The van der Waals surface area contributed by atoms with Crippen LogP contribution in [-0.2, 0) is 6.42 Å². The van der Waals surface area contributed by atoms with Gasteiger partial charge in [0.2, 0.25) is 0 Å². The molecule has 5 heteroatoms. The Hall–Kier alpha value is -2.14. The molecular formula is C16H16FNO2S. The zero-order valence-electron chi connectivity index (χ0n) is 11.6. The molecule has 0 saturated heterocycles. The second-order valence-electron chi connectivity index (χ2n) is 4.46. The summed E-state index contributed by atoms with van der Waals surface area (Å²) in [6, 6.07) is 12.1. The Balaban J connectivity index is 1.92. The molecule has 0 radical (unpaired) electrons. The number of hydrogen-bond donors (Lipinski definition) is 1. The van der Waals surface area contributed by atoms with E-state index in [0.29, 0.717) is 18.6 Å². The molecule has 0 heterocycles. The molecule has 2 rings (SSSR count). The normalized spacial score (nSPS) is 10.2. The van der Waals surface area contributed by atoms with E-state index < -0.39 is 5.82 Å². The smallest absolute Gasteiger partial charge is 0.165 e. The average Bonchev–Trinajstić information content (AvgIpc) is 2.49. The van der Waals surface area contributed by atoms with Crippen molar-refractivity contribution in [3.8, 4) is 11.5 Å². The molecule has 0 fully saturated rings. The first-order valence-corrected chi connectivity index (χ1v) is 6.86. The lowest BCUT2D eigenvalue weighted by atomic mass is 10.1. The summed E-state index contributed by atoms with van der Waals surface area (Å²) in [5, 5.41) is 0. The standard InChI is InChI=1S/C16H16FNO2S/c1-19-13-5-2-11(3-6-13)8-9-20-15-7-4-12(16(18)21)10-14(15)17/h2-7,10H,8-9H2,1H3,(H2,18,21). The van der Waals surface area contributed by atoms with Crippen LogP contribution in [0.3, 0.4) is 0 Å². The molecule has 0 aliphatic carbocycles. The van der Waals surface area contributed by atoms with Crippen molar-refractivity contribution in [2.75, 3.05) is 13.7 Å². The highest BCUT2D eigenvalue weighted by Gasteiger charge is 2.06. The molecule has 21 heavy (non-hydrogen) atoms. The second kappa shape index (κ2) is 7.04. The van der Waals surface area contributed by atoms with Crippen molar-refractivity contribution < 1.29 is 13.9 Å². The van der Waals surface area contributed by atoms with Gasteiger partial charge in [0.05, 0.1) is 13.7 Å². The van der Waals surface area contributed by atoms with E-state index in [-0.39, 0.29) is 10.7 Å². The molecule has 2 aromatic carbocycles. The van der Waals surface area contributed by atoms with Gasteiger partial charge in [0.25, 0.3) is 0 Å². The van der Waals surface area contributed by atoms with Crippen LogP contribution in [-0.4, -0.2) is 18.7 Å². The number of methoxy groups -OCH3 is 1. The Kier molecular flexibility index (Phi) is 5.11. The molecular weight excluding hydrogens is 289 g/mol. The Morgan fingerprint density at radius 3 is 2.48 bits per heavy atom. The van der Waals surface area contributed by atoms with Crippen LogP contribution in [0.15, 0.2) is 42.5 Å². The molecule has 0 atom stereocenters. The molecule has 0 unspecified atom stereocenters. The summed E-state index contributed by atoms with van der Waals surface area (Å²) in [6.07, 6.45) is 0.681. The molecule has 0 bridgehead atoms. The van der Waals surface area contributed by atoms with Gasteiger partial charge in [-0.3, -0.25) is 0 Å². The van der Waals surface area contributed by atoms with Gasteiger partial charge >= 0.3 is 0 Å². The second-order valence-corrected chi connectivity index (χ2v) is 4.90. The van der Waals surface area contributed by atoms with E-state index >= 15 is 0 Å². The lowest BCUT2D eigenvalue weighted by molar-refractivity contribution is 0.305. The third kappa shape index (κ3) is 4.16. The molecule has 0 amide bonds. The molecule has 2 aromatic rings. The molecule has 2 N–H and O–H groups in total. The summed E-state index contributed by atoms with van der Waals surface area (Å²) >= 11 is 4.80. The molecule has 0 aromatic heterocycles. The minimum Gasteiger partial charge on any atom is -0.497 e. The highest BCUT2D eigenvalue weighted by atomic mass is 32.1. The zero-order valence-corrected chi connectivity index (χ0v) is 12.5. The fourth-order valence-corrected chi connectivity index (χ4v) is 1.97. The van der Waals surface area contributed by atoms with Gasteiger partial charge in [-0.15, -0.1) is 0 Å². The van der Waals surface area contributed by atoms with Gasteiger partial charge in [0.1, 0.15) is 10.7 Å². The van der Waals surface area contributed by atoms with Crippen molar-refractivity contribution in [2.24, 2.45) is 5.73 Å². The monoisotopic (exact) mass is 305 g/mol. The van der Waals surface area contributed by atoms with Gasteiger partial charge in [0, 0.05) is 12.0 Å². The number of thiocarbonyl (C=S) groups is 1. The third-order valence-electron chi connectivity index (χ3n) is 3.02. The number of ether oxygens (including phenoxy) is 2. The summed E-state index contributed by atoms with van der Waals surface area (Å²) in [5.74, 6) is 0.539. The topological polar surface area (TPSA) is 44.5 Å². The van der Waals surface area contributed by atoms with Crippen molar-refractivity contribution in [2.45, 2.75) is 6.42 Å². The first-order chi connectivity index (χ1) is 10.1. The van der Waals surface area contributed by atoms with Gasteiger partial charge in [-0.2, -0.15) is 0 Å². The Bertz CT molecular complexity index is 629. The maximum Gasteiger partial charge on any atom is 0.165 e. The molecule has 0 saturated carbocycles. The number of nitrogens with two attached hydrogens (primary N) is 1. The first-order valence-electron chi connectivity index (χ1n) is 6.45. The van der Waals surface area contributed by atoms with Crippen LogP contribution in [0.1, 0.15) is 11.1 Å². The predicted molar refractivity (Wildman–Crippen MR) is 84.5 cm³/mol. The van der Waals surface area contributed by atoms with Crippen molar-refractivity contribution in [1.29, 1.82) is 0 Å². The van der Waals surface area contributed by atoms with E-state index in [1.807, 2.05) is 24.3 Å². The summed E-state index contributed by atoms with van der Waals surface area (Å²) < 4.78 is 24.3. The fraction of sp³-hybridized carbons (Fsp3) is 0.188. The first kappa shape index (κ1) is 15.3. The quantitative estimate of drug-likeness (QED) is 0.833. The lowest BCUT2D eigenvalue weighted by Gasteiger charge is -2.09. The van der Waals surface area contributed by atoms with Crippen LogP contribution in [0.5, 0.6) is 11.5 Å². The molecule has 110 valence electrons. The molecule has 0 aliphatic heterocycles. The average molecular weight is 305 g/mol. The number of rotatable bonds is 6. The van der Waals surface area contributed by atoms with E-state index in [1.54, 1.807) is 13.2 Å². The highest BCUT2D eigenvalue weighted by Crippen LogP contribution is 2.19. The predicted octanol–water partition coefficient (Wildman–Crippen LogP) is 3.09. The molecule has 3 nitrogen and oxygen atoms in total. The summed E-state index contributed by atoms with van der Waals surface area (Å²) in [4.78, 5) is 0.165. The maximum atomic E-state index is 13.8. The summed E-state index contributed by atoms with van der Waals surface area (Å²) in [5.41, 5.74) is 7.03. The van der Waals surface area contributed by atoms with Gasteiger partial charge in [-0.1, -0.05) is 24.4 Å². The molecule has 0 spiro atoms. The van der Waals surface area contributed by atoms with Crippen molar-refractivity contribution in [1.82, 2.24) is 0 Å². The van der Waals surface area contributed by atoms with Crippen LogP contribution < -0.4 is 15.2 Å². The van der Waals surface area contributed by atoms with Gasteiger partial charge in [-0.25, -0.2) is 4.39 Å². The number of halogens is 1. The van der Waals surface area contributed by atoms with Crippen molar-refractivity contribution in [3.63, 3.8) is 0 Å². The van der Waals surface area contributed by atoms with E-state index in [0.717, 1.165) is 11.3 Å². The fourth-order valence-electron chi connectivity index (χ4n) is 1.84. The Morgan fingerprint density at radius 1 is 1.19 bits per heavy atom. The van der Waals surface area contributed by atoms with Crippen molar-refractivity contribution in [3.05, 3.63) is 59.4 Å². The van der Waals surface area contributed by atoms with Crippen LogP contribution in [0, 0.1) is 5.82 Å². The van der Waals surface area contributed by atoms with Crippen LogP contribution in [0.4, 0.5) is 4.39 Å². The summed E-state index contributed by atoms with van der Waals surface area (Å²) in [6.45, 7) is 0.385. The Labute approximate surface area is 128 Å². The number of benzene rings is 2. The SMILES string of the molecule is COc1ccc(CCOc2ccc(C(N)=S)cc2F)cc1. The van der Waals surface area contributed by atoms with Crippen molar-refractivity contribution >= 4 is 17.2 Å². The lowest BCUT2D eigenvalue weighted by Crippen LogP contribution is -2.10. The van der Waals surface area contributed by atoms with E-state index in [1.165, 1.54) is 12.1 Å². The van der Waals surface area contributed by atoms with Crippen LogP contribution >= 0.6 is 12.2 Å². The van der Waals surface area contributed by atoms with Crippen LogP contribution in [0.25, 0.3) is 0 Å². The van der Waals surface area contributed by atoms with Gasteiger partial charge < -0.3 is 15.2 Å². The largest absolute Gasteiger partial charge is 0.497 e. The highest BCUT2D eigenvalue weighted by molar-refractivity contribution is 7.80. The third-order valence-corrected chi connectivity index (χ3v) is 3.26. The Morgan fingerprint density at radius 2 is 1.90 bits per heavy atom. The van der Waals surface area contributed by atoms with Crippen LogP contribution in [0.2, 0.25) is 0 Å². The summed E-state index contributed by atoms with van der Waals surface area (Å²) in [7, 11) is 1.62. The number of hydrogen-bond acceptors (Lipinski definition) is 3. The van der Waals surface area contributed by atoms with E-state index in [4.69, 9.17) is 27.4 Å². The van der Waals surface area contributed by atoms with E-state index in [2.05, 4.69) is 0 Å². The van der Waals surface area contributed by atoms with Gasteiger partial charge in [-0.05, 0) is 35.9 Å². The minimum absolute atomic E-state index is 0.165. The zero-order chi connectivity index (χ0) is 15.2. The van der Waals surface area contributed by atoms with E-state index in [9.17, 15) is 4.39 Å². The van der Waals surface area contributed by atoms with Gasteiger partial charge in [0.15, 0.2) is 11.6 Å². The minimum atomic E-state index is -0.463. The molecule has 0 aliphatic rings.